The van der Waals surface area contributed by atoms with E-state index in [0.717, 1.165) is 23.4 Å². The molecule has 0 radical (unpaired) electrons. The average Bonchev–Trinajstić information content (AvgIpc) is 3.20. The molecule has 0 bridgehead atoms. The molecule has 1 unspecified atom stereocenters. The Labute approximate surface area is 139 Å². The molecule has 0 aliphatic heterocycles. The first-order valence-electron chi connectivity index (χ1n) is 7.43. The number of alkyl halides is 2. The van der Waals surface area contributed by atoms with Crippen molar-refractivity contribution >= 4 is 5.91 Å². The summed E-state index contributed by atoms with van der Waals surface area (Å²) in [7, 11) is 0. The van der Waals surface area contributed by atoms with E-state index in [1.807, 2.05) is 0 Å². The number of aromatic nitrogens is 3. The van der Waals surface area contributed by atoms with Gasteiger partial charge in [-0.3, -0.25) is 4.79 Å². The Morgan fingerprint density at radius 2 is 2.08 bits per heavy atom. The van der Waals surface area contributed by atoms with Gasteiger partial charge in [0.05, 0.1) is 6.54 Å². The SMILES string of the molecule is O=C(NC1CC1)C(F)(F)C(O)(Cn1cncn1)c1ccc(F)cc1F. The van der Waals surface area contributed by atoms with E-state index in [1.54, 1.807) is 0 Å². The summed E-state index contributed by atoms with van der Waals surface area (Å²) in [6.45, 7) is -0.958. The van der Waals surface area contributed by atoms with E-state index >= 15 is 0 Å². The van der Waals surface area contributed by atoms with Crippen molar-refractivity contribution in [1.82, 2.24) is 20.1 Å². The van der Waals surface area contributed by atoms with E-state index in [1.165, 1.54) is 0 Å². The molecule has 1 aliphatic rings. The summed E-state index contributed by atoms with van der Waals surface area (Å²) >= 11 is 0. The van der Waals surface area contributed by atoms with Crippen molar-refractivity contribution in [3.05, 3.63) is 48.1 Å². The van der Waals surface area contributed by atoms with Gasteiger partial charge in [-0.1, -0.05) is 0 Å². The van der Waals surface area contributed by atoms with Crippen LogP contribution in [0.1, 0.15) is 18.4 Å². The maximum atomic E-state index is 14.8. The molecule has 1 aliphatic carbocycles. The third-order valence-corrected chi connectivity index (χ3v) is 3.95. The first-order chi connectivity index (χ1) is 11.7. The van der Waals surface area contributed by atoms with Crippen molar-refractivity contribution < 1.29 is 27.5 Å². The number of nitrogens with zero attached hydrogens (tertiary/aromatic N) is 3. The maximum Gasteiger partial charge on any atom is 0.358 e. The molecule has 0 saturated heterocycles. The van der Waals surface area contributed by atoms with Crippen LogP contribution in [0.15, 0.2) is 30.9 Å². The lowest BCUT2D eigenvalue weighted by atomic mass is 9.86. The third-order valence-electron chi connectivity index (χ3n) is 3.95. The first-order valence-corrected chi connectivity index (χ1v) is 7.43. The monoisotopic (exact) mass is 358 g/mol. The number of rotatable bonds is 6. The number of amides is 1. The largest absolute Gasteiger partial charge is 0.377 e. The van der Waals surface area contributed by atoms with Gasteiger partial charge >= 0.3 is 5.92 Å². The fourth-order valence-corrected chi connectivity index (χ4v) is 2.42. The van der Waals surface area contributed by atoms with E-state index in [0.29, 0.717) is 25.0 Å². The zero-order valence-corrected chi connectivity index (χ0v) is 12.8. The zero-order valence-electron chi connectivity index (χ0n) is 12.8. The summed E-state index contributed by atoms with van der Waals surface area (Å²) in [5.41, 5.74) is -4.21. The molecule has 0 spiro atoms. The van der Waals surface area contributed by atoms with E-state index in [-0.39, 0.29) is 0 Å². The highest BCUT2D eigenvalue weighted by atomic mass is 19.3. The molecule has 2 aromatic rings. The van der Waals surface area contributed by atoms with Crippen molar-refractivity contribution in [1.29, 1.82) is 0 Å². The van der Waals surface area contributed by atoms with Crippen molar-refractivity contribution in [2.45, 2.75) is 37.0 Å². The van der Waals surface area contributed by atoms with Crippen LogP contribution < -0.4 is 5.32 Å². The fraction of sp³-hybridized carbons (Fsp3) is 0.400. The predicted molar refractivity (Wildman–Crippen MR) is 76.4 cm³/mol. The number of benzene rings is 1. The summed E-state index contributed by atoms with van der Waals surface area (Å²) in [6, 6.07) is 1.36. The summed E-state index contributed by atoms with van der Waals surface area (Å²) in [4.78, 5) is 15.5. The second-order valence-electron chi connectivity index (χ2n) is 5.90. The Hall–Kier alpha value is -2.49. The molecule has 6 nitrogen and oxygen atoms in total. The van der Waals surface area contributed by atoms with Gasteiger partial charge in [-0.25, -0.2) is 18.4 Å². The van der Waals surface area contributed by atoms with Crippen molar-refractivity contribution in [3.63, 3.8) is 0 Å². The number of halogens is 4. The van der Waals surface area contributed by atoms with Crippen molar-refractivity contribution in [2.75, 3.05) is 0 Å². The van der Waals surface area contributed by atoms with Gasteiger partial charge in [0.2, 0.25) is 0 Å². The predicted octanol–water partition coefficient (Wildman–Crippen LogP) is 1.36. The van der Waals surface area contributed by atoms with Crippen molar-refractivity contribution in [3.8, 4) is 0 Å². The molecule has 10 heteroatoms. The van der Waals surface area contributed by atoms with Crippen LogP contribution in [-0.2, 0) is 16.9 Å². The quantitative estimate of drug-likeness (QED) is 0.764. The molecule has 1 atom stereocenters. The van der Waals surface area contributed by atoms with Gasteiger partial charge < -0.3 is 10.4 Å². The highest BCUT2D eigenvalue weighted by Gasteiger charge is 2.61. The standard InChI is InChI=1S/C15H14F4N4O2/c16-9-1-4-11(12(17)5-9)14(25,6-23-8-20-7-21-23)15(18,19)13(24)22-10-2-3-10/h1,4-5,7-8,10,25H,2-3,6H2,(H,22,24). The zero-order chi connectivity index (χ0) is 18.2. The minimum absolute atomic E-state index is 0.358. The lowest BCUT2D eigenvalue weighted by Crippen LogP contribution is -2.58. The van der Waals surface area contributed by atoms with Crippen LogP contribution >= 0.6 is 0 Å². The molecule has 1 aromatic carbocycles. The van der Waals surface area contributed by atoms with Crippen LogP contribution in [0.5, 0.6) is 0 Å². The Morgan fingerprint density at radius 3 is 2.64 bits per heavy atom. The summed E-state index contributed by atoms with van der Waals surface area (Å²) in [5, 5.41) is 16.4. The number of hydrogen-bond donors (Lipinski definition) is 2. The van der Waals surface area contributed by atoms with Gasteiger partial charge in [0, 0.05) is 17.7 Å². The van der Waals surface area contributed by atoms with Crippen LogP contribution in [0, 0.1) is 11.6 Å². The second kappa shape index (κ2) is 6.10. The third kappa shape index (κ3) is 3.21. The molecular weight excluding hydrogens is 344 g/mol. The highest BCUT2D eigenvalue weighted by molar-refractivity contribution is 5.85. The second-order valence-corrected chi connectivity index (χ2v) is 5.90. The number of nitrogens with one attached hydrogen (secondary N) is 1. The minimum Gasteiger partial charge on any atom is -0.377 e. The van der Waals surface area contributed by atoms with E-state index in [4.69, 9.17) is 0 Å². The van der Waals surface area contributed by atoms with Crippen molar-refractivity contribution in [2.24, 2.45) is 0 Å². The lowest BCUT2D eigenvalue weighted by Gasteiger charge is -2.35. The molecule has 2 N–H and O–H groups in total. The Bertz CT molecular complexity index is 780. The number of carbonyl (C=O) groups is 1. The summed E-state index contributed by atoms with van der Waals surface area (Å²) < 4.78 is 57.8. The molecule has 25 heavy (non-hydrogen) atoms. The molecule has 3 rings (SSSR count). The van der Waals surface area contributed by atoms with E-state index in [9.17, 15) is 27.5 Å². The fourth-order valence-electron chi connectivity index (χ4n) is 2.42. The van der Waals surface area contributed by atoms with E-state index < -0.39 is 47.2 Å². The minimum atomic E-state index is -4.40. The van der Waals surface area contributed by atoms with E-state index in [2.05, 4.69) is 15.4 Å². The molecule has 1 amide bonds. The van der Waals surface area contributed by atoms with Crippen LogP contribution in [0.25, 0.3) is 0 Å². The molecular formula is C15H14F4N4O2. The Kier molecular flexibility index (Phi) is 4.23. The molecule has 1 heterocycles. The molecule has 134 valence electrons. The molecule has 1 fully saturated rings. The summed E-state index contributed by atoms with van der Waals surface area (Å²) in [6.07, 6.45) is 3.16. The number of carbonyl (C=O) groups excluding carboxylic acids is 1. The normalized spacial score (nSPS) is 17.2. The van der Waals surface area contributed by atoms with Gasteiger partial charge in [0.15, 0.2) is 5.60 Å². The van der Waals surface area contributed by atoms with Gasteiger partial charge in [-0.05, 0) is 25.0 Å². The maximum absolute atomic E-state index is 14.8. The van der Waals surface area contributed by atoms with Crippen LogP contribution in [0.3, 0.4) is 0 Å². The smallest absolute Gasteiger partial charge is 0.358 e. The first kappa shape index (κ1) is 17.3. The van der Waals surface area contributed by atoms with Crippen LogP contribution in [0.4, 0.5) is 17.6 Å². The molecule has 1 aromatic heterocycles. The summed E-state index contributed by atoms with van der Waals surface area (Å²) in [5.74, 6) is -8.54. The Morgan fingerprint density at radius 1 is 1.36 bits per heavy atom. The topological polar surface area (TPSA) is 80.0 Å². The Balaban J connectivity index is 2.05. The van der Waals surface area contributed by atoms with Gasteiger partial charge in [0.25, 0.3) is 5.91 Å². The highest BCUT2D eigenvalue weighted by Crippen LogP contribution is 2.41. The van der Waals surface area contributed by atoms with Crippen LogP contribution in [0.2, 0.25) is 0 Å². The molecule has 1 saturated carbocycles. The number of aliphatic hydroxyl groups is 1. The lowest BCUT2D eigenvalue weighted by molar-refractivity contribution is -0.203. The average molecular weight is 358 g/mol. The van der Waals surface area contributed by atoms with Gasteiger partial charge in [-0.2, -0.15) is 13.9 Å². The number of hydrogen-bond acceptors (Lipinski definition) is 4. The van der Waals surface area contributed by atoms with Gasteiger partial charge in [0.1, 0.15) is 24.3 Å². The van der Waals surface area contributed by atoms with Gasteiger partial charge in [-0.15, -0.1) is 0 Å². The van der Waals surface area contributed by atoms with Crippen LogP contribution in [-0.4, -0.2) is 37.7 Å².